The number of benzene rings is 1. The summed E-state index contributed by atoms with van der Waals surface area (Å²) in [6, 6.07) is 2.85. The van der Waals surface area contributed by atoms with Crippen molar-refractivity contribution in [1.82, 2.24) is 0 Å². The first-order chi connectivity index (χ1) is 7.34. The summed E-state index contributed by atoms with van der Waals surface area (Å²) in [5, 5.41) is 8.35. The van der Waals surface area contributed by atoms with Crippen LogP contribution in [0.5, 0.6) is 0 Å². The Morgan fingerprint density at radius 1 is 1.31 bits per heavy atom. The van der Waals surface area contributed by atoms with E-state index >= 15 is 0 Å². The van der Waals surface area contributed by atoms with Crippen molar-refractivity contribution in [2.45, 2.75) is 18.6 Å². The molecule has 0 saturated carbocycles. The summed E-state index contributed by atoms with van der Waals surface area (Å²) in [6.07, 6.45) is -4.79. The van der Waals surface area contributed by atoms with Crippen molar-refractivity contribution in [3.05, 3.63) is 35.1 Å². The zero-order chi connectivity index (χ0) is 12.3. The van der Waals surface area contributed by atoms with Gasteiger partial charge in [-0.1, -0.05) is 0 Å². The molecule has 0 saturated heterocycles. The SMILES string of the molecule is N#CC[C@H](N)c1cc(F)cc(C(F)(F)F)c1. The normalized spacial score (nSPS) is 13.2. The zero-order valence-electron chi connectivity index (χ0n) is 8.05. The molecule has 6 heteroatoms. The van der Waals surface area contributed by atoms with Crippen LogP contribution in [-0.4, -0.2) is 0 Å². The summed E-state index contributed by atoms with van der Waals surface area (Å²) in [7, 11) is 0. The Balaban J connectivity index is 3.14. The van der Waals surface area contributed by atoms with Gasteiger partial charge in [0.15, 0.2) is 0 Å². The van der Waals surface area contributed by atoms with Crippen molar-refractivity contribution in [3.8, 4) is 6.07 Å². The van der Waals surface area contributed by atoms with Crippen LogP contribution in [0.4, 0.5) is 17.6 Å². The van der Waals surface area contributed by atoms with Crippen LogP contribution in [0.2, 0.25) is 0 Å². The van der Waals surface area contributed by atoms with Gasteiger partial charge in [-0.05, 0) is 23.8 Å². The first kappa shape index (κ1) is 12.5. The predicted octanol–water partition coefficient (Wildman–Crippen LogP) is 2.76. The third-order valence-corrected chi connectivity index (χ3v) is 1.99. The van der Waals surface area contributed by atoms with Gasteiger partial charge in [-0.3, -0.25) is 0 Å². The van der Waals surface area contributed by atoms with Crippen LogP contribution in [0, 0.1) is 17.1 Å². The minimum atomic E-state index is -4.62. The summed E-state index contributed by atoms with van der Waals surface area (Å²) in [5.41, 5.74) is 4.30. The first-order valence-electron chi connectivity index (χ1n) is 4.35. The van der Waals surface area contributed by atoms with E-state index in [1.807, 2.05) is 0 Å². The van der Waals surface area contributed by atoms with Gasteiger partial charge in [-0.2, -0.15) is 18.4 Å². The minimum absolute atomic E-state index is 0.0334. The summed E-state index contributed by atoms with van der Waals surface area (Å²) in [6.45, 7) is 0. The fourth-order valence-electron chi connectivity index (χ4n) is 1.21. The Morgan fingerprint density at radius 2 is 1.94 bits per heavy atom. The minimum Gasteiger partial charge on any atom is -0.323 e. The summed E-state index contributed by atoms with van der Waals surface area (Å²) < 4.78 is 49.9. The monoisotopic (exact) mass is 232 g/mol. The average molecular weight is 232 g/mol. The van der Waals surface area contributed by atoms with Crippen LogP contribution >= 0.6 is 0 Å². The van der Waals surface area contributed by atoms with Crippen molar-refractivity contribution in [3.63, 3.8) is 0 Å². The van der Waals surface area contributed by atoms with Gasteiger partial charge < -0.3 is 5.73 Å². The molecule has 0 amide bonds. The molecular formula is C10H8F4N2. The van der Waals surface area contributed by atoms with Crippen LogP contribution in [0.1, 0.15) is 23.6 Å². The van der Waals surface area contributed by atoms with Gasteiger partial charge >= 0.3 is 6.18 Å². The molecule has 2 nitrogen and oxygen atoms in total. The fraction of sp³-hybridized carbons (Fsp3) is 0.300. The number of nitrogens with two attached hydrogens (primary N) is 1. The highest BCUT2D eigenvalue weighted by Crippen LogP contribution is 2.31. The number of rotatable bonds is 2. The topological polar surface area (TPSA) is 49.8 Å². The van der Waals surface area contributed by atoms with Gasteiger partial charge in [0.25, 0.3) is 0 Å². The molecule has 0 aliphatic rings. The average Bonchev–Trinajstić information content (AvgIpc) is 2.16. The van der Waals surface area contributed by atoms with E-state index in [1.165, 1.54) is 0 Å². The van der Waals surface area contributed by atoms with E-state index in [4.69, 9.17) is 11.0 Å². The van der Waals surface area contributed by atoms with E-state index in [9.17, 15) is 17.6 Å². The van der Waals surface area contributed by atoms with Crippen molar-refractivity contribution < 1.29 is 17.6 Å². The number of halogens is 4. The largest absolute Gasteiger partial charge is 0.416 e. The van der Waals surface area contributed by atoms with E-state index in [0.717, 1.165) is 12.1 Å². The van der Waals surface area contributed by atoms with Crippen LogP contribution < -0.4 is 5.73 Å². The Hall–Kier alpha value is -1.61. The van der Waals surface area contributed by atoms with Gasteiger partial charge in [0.2, 0.25) is 0 Å². The maximum atomic E-state index is 12.9. The van der Waals surface area contributed by atoms with Crippen molar-refractivity contribution in [1.29, 1.82) is 5.26 Å². The molecule has 0 spiro atoms. The highest BCUT2D eigenvalue weighted by Gasteiger charge is 2.31. The smallest absolute Gasteiger partial charge is 0.323 e. The van der Waals surface area contributed by atoms with Crippen molar-refractivity contribution >= 4 is 0 Å². The lowest BCUT2D eigenvalue weighted by Crippen LogP contribution is -2.12. The number of nitriles is 1. The Bertz CT molecular complexity index is 420. The number of nitrogens with zero attached hydrogens (tertiary/aromatic N) is 1. The Kier molecular flexibility index (Phi) is 3.50. The van der Waals surface area contributed by atoms with E-state index in [0.29, 0.717) is 6.07 Å². The van der Waals surface area contributed by atoms with E-state index in [-0.39, 0.29) is 12.0 Å². The summed E-state index contributed by atoms with van der Waals surface area (Å²) >= 11 is 0. The second-order valence-corrected chi connectivity index (χ2v) is 3.24. The molecular weight excluding hydrogens is 224 g/mol. The molecule has 1 rings (SSSR count). The maximum absolute atomic E-state index is 12.9. The quantitative estimate of drug-likeness (QED) is 0.797. The molecule has 0 radical (unpaired) electrons. The molecule has 0 aromatic heterocycles. The number of alkyl halides is 3. The molecule has 1 atom stereocenters. The summed E-state index contributed by atoms with van der Waals surface area (Å²) in [5.74, 6) is -1.02. The molecule has 2 N–H and O–H groups in total. The molecule has 0 aliphatic heterocycles. The first-order valence-corrected chi connectivity index (χ1v) is 4.35. The lowest BCUT2D eigenvalue weighted by atomic mass is 10.0. The van der Waals surface area contributed by atoms with Gasteiger partial charge in [-0.15, -0.1) is 0 Å². The van der Waals surface area contributed by atoms with Crippen LogP contribution in [0.3, 0.4) is 0 Å². The van der Waals surface area contributed by atoms with Crippen LogP contribution in [0.25, 0.3) is 0 Å². The molecule has 16 heavy (non-hydrogen) atoms. The third kappa shape index (κ3) is 2.94. The third-order valence-electron chi connectivity index (χ3n) is 1.99. The van der Waals surface area contributed by atoms with Crippen molar-refractivity contribution in [2.75, 3.05) is 0 Å². The highest BCUT2D eigenvalue weighted by atomic mass is 19.4. The van der Waals surface area contributed by atoms with Crippen LogP contribution in [-0.2, 0) is 6.18 Å². The van der Waals surface area contributed by atoms with Crippen molar-refractivity contribution in [2.24, 2.45) is 5.73 Å². The molecule has 0 aliphatic carbocycles. The molecule has 1 aromatic rings. The van der Waals surface area contributed by atoms with Crippen LogP contribution in [0.15, 0.2) is 18.2 Å². The zero-order valence-corrected chi connectivity index (χ0v) is 8.05. The van der Waals surface area contributed by atoms with Gasteiger partial charge in [-0.25, -0.2) is 4.39 Å². The highest BCUT2D eigenvalue weighted by molar-refractivity contribution is 5.29. The lowest BCUT2D eigenvalue weighted by Gasteiger charge is -2.12. The standard InChI is InChI=1S/C10H8F4N2/c11-8-4-6(9(16)1-2-15)3-7(5-8)10(12,13)14/h3-5,9H,1,16H2/t9-/m0/s1. The lowest BCUT2D eigenvalue weighted by molar-refractivity contribution is -0.137. The molecule has 1 aromatic carbocycles. The summed E-state index contributed by atoms with van der Waals surface area (Å²) in [4.78, 5) is 0. The maximum Gasteiger partial charge on any atom is 0.416 e. The Morgan fingerprint density at radius 3 is 2.44 bits per heavy atom. The predicted molar refractivity (Wildman–Crippen MR) is 48.6 cm³/mol. The molecule has 86 valence electrons. The Labute approximate surface area is 89.3 Å². The number of hydrogen-bond acceptors (Lipinski definition) is 2. The van der Waals surface area contributed by atoms with Gasteiger partial charge in [0, 0.05) is 6.04 Å². The molecule has 0 bridgehead atoms. The van der Waals surface area contributed by atoms with Gasteiger partial charge in [0.05, 0.1) is 18.1 Å². The van der Waals surface area contributed by atoms with Gasteiger partial charge in [0.1, 0.15) is 5.82 Å². The molecule has 0 heterocycles. The molecule has 0 fully saturated rings. The second-order valence-electron chi connectivity index (χ2n) is 3.24. The van der Waals surface area contributed by atoms with E-state index in [2.05, 4.69) is 0 Å². The fourth-order valence-corrected chi connectivity index (χ4v) is 1.21. The molecule has 0 unspecified atom stereocenters. The van der Waals surface area contributed by atoms with E-state index in [1.54, 1.807) is 6.07 Å². The second kappa shape index (κ2) is 4.49. The van der Waals surface area contributed by atoms with E-state index < -0.39 is 23.6 Å². The number of hydrogen-bond donors (Lipinski definition) is 1.